The summed E-state index contributed by atoms with van der Waals surface area (Å²) in [5.41, 5.74) is 1.38. The first-order valence-electron chi connectivity index (χ1n) is 6.21. The Kier molecular flexibility index (Phi) is 4.23. The molecule has 3 nitrogen and oxygen atoms in total. The van der Waals surface area contributed by atoms with Gasteiger partial charge in [-0.1, -0.05) is 13.0 Å². The number of benzene rings is 1. The zero-order valence-corrected chi connectivity index (χ0v) is 10.7. The maximum Gasteiger partial charge on any atom is 0.244 e. The smallest absolute Gasteiger partial charge is 0.244 e. The predicted molar refractivity (Wildman–Crippen MR) is 74.0 cm³/mol. The van der Waals surface area contributed by atoms with E-state index in [2.05, 4.69) is 10.3 Å². The molecule has 0 aliphatic carbocycles. The molecule has 0 fully saturated rings. The van der Waals surface area contributed by atoms with Crippen molar-refractivity contribution in [2.75, 3.05) is 6.54 Å². The van der Waals surface area contributed by atoms with Crippen LogP contribution in [-0.2, 0) is 4.79 Å². The van der Waals surface area contributed by atoms with Gasteiger partial charge in [-0.3, -0.25) is 4.79 Å². The molecular weight excluding hydrogens is 243 g/mol. The quantitative estimate of drug-likeness (QED) is 0.857. The Bertz CT molecular complexity index is 623. The molecule has 2 rings (SSSR count). The van der Waals surface area contributed by atoms with Crippen molar-refractivity contribution in [1.29, 1.82) is 0 Å². The molecule has 1 N–H and O–H groups in total. The first-order valence-corrected chi connectivity index (χ1v) is 6.21. The Morgan fingerprint density at radius 3 is 3.00 bits per heavy atom. The summed E-state index contributed by atoms with van der Waals surface area (Å²) in [6.07, 6.45) is 4.00. The van der Waals surface area contributed by atoms with Crippen LogP contribution in [0.4, 0.5) is 4.39 Å². The number of carbonyl (C=O) groups excluding carboxylic acids is 1. The largest absolute Gasteiger partial charge is 0.353 e. The summed E-state index contributed by atoms with van der Waals surface area (Å²) in [6.45, 7) is 2.65. The lowest BCUT2D eigenvalue weighted by molar-refractivity contribution is -0.116. The summed E-state index contributed by atoms with van der Waals surface area (Å²) < 4.78 is 13.0. The first kappa shape index (κ1) is 13.2. The van der Waals surface area contributed by atoms with Crippen LogP contribution in [0.1, 0.15) is 19.0 Å². The number of fused-ring (bicyclic) bond motifs is 1. The second-order valence-corrected chi connectivity index (χ2v) is 4.20. The van der Waals surface area contributed by atoms with Gasteiger partial charge in [0.15, 0.2) is 0 Å². The van der Waals surface area contributed by atoms with E-state index >= 15 is 0 Å². The van der Waals surface area contributed by atoms with Crippen molar-refractivity contribution in [1.82, 2.24) is 10.3 Å². The van der Waals surface area contributed by atoms with Crippen LogP contribution in [0.2, 0.25) is 0 Å². The summed E-state index contributed by atoms with van der Waals surface area (Å²) >= 11 is 0. The number of carbonyl (C=O) groups is 1. The molecule has 0 radical (unpaired) electrons. The van der Waals surface area contributed by atoms with Gasteiger partial charge in [0.1, 0.15) is 5.82 Å². The Morgan fingerprint density at radius 2 is 2.21 bits per heavy atom. The predicted octanol–water partition coefficient (Wildman–Crippen LogP) is 2.91. The van der Waals surface area contributed by atoms with E-state index in [4.69, 9.17) is 0 Å². The minimum Gasteiger partial charge on any atom is -0.353 e. The van der Waals surface area contributed by atoms with Gasteiger partial charge in [0.05, 0.1) is 11.2 Å². The third kappa shape index (κ3) is 3.61. The average molecular weight is 258 g/mol. The fourth-order valence-corrected chi connectivity index (χ4v) is 1.67. The van der Waals surface area contributed by atoms with Crippen molar-refractivity contribution in [2.45, 2.75) is 13.3 Å². The van der Waals surface area contributed by atoms with E-state index in [1.165, 1.54) is 18.2 Å². The number of amides is 1. The summed E-state index contributed by atoms with van der Waals surface area (Å²) in [4.78, 5) is 15.7. The van der Waals surface area contributed by atoms with Crippen molar-refractivity contribution in [3.63, 3.8) is 0 Å². The zero-order valence-electron chi connectivity index (χ0n) is 10.7. The molecule has 0 saturated heterocycles. The van der Waals surface area contributed by atoms with Crippen molar-refractivity contribution < 1.29 is 9.18 Å². The van der Waals surface area contributed by atoms with E-state index in [1.54, 1.807) is 24.3 Å². The molecule has 0 saturated carbocycles. The van der Waals surface area contributed by atoms with Gasteiger partial charge in [0.2, 0.25) is 5.91 Å². The van der Waals surface area contributed by atoms with Crippen LogP contribution < -0.4 is 5.32 Å². The molecule has 1 amide bonds. The molecule has 0 atom stereocenters. The summed E-state index contributed by atoms with van der Waals surface area (Å²) in [5, 5.41) is 3.49. The number of pyridine rings is 1. The van der Waals surface area contributed by atoms with Crippen LogP contribution >= 0.6 is 0 Å². The molecule has 1 aromatic carbocycles. The standard InChI is InChI=1S/C15H15FN2O/c1-2-9-17-15(19)8-6-13-5-3-11-10-12(16)4-7-14(11)18-13/h3-8,10H,2,9H2,1H3,(H,17,19)/b8-6+. The van der Waals surface area contributed by atoms with E-state index < -0.39 is 0 Å². The first-order chi connectivity index (χ1) is 9.19. The van der Waals surface area contributed by atoms with Gasteiger partial charge in [-0.05, 0) is 36.8 Å². The highest BCUT2D eigenvalue weighted by atomic mass is 19.1. The fourth-order valence-electron chi connectivity index (χ4n) is 1.67. The Balaban J connectivity index is 2.15. The monoisotopic (exact) mass is 258 g/mol. The number of hydrogen-bond acceptors (Lipinski definition) is 2. The van der Waals surface area contributed by atoms with E-state index in [1.807, 2.05) is 6.92 Å². The molecule has 19 heavy (non-hydrogen) atoms. The maximum absolute atomic E-state index is 13.0. The molecule has 1 heterocycles. The average Bonchev–Trinajstić information content (AvgIpc) is 2.42. The van der Waals surface area contributed by atoms with Gasteiger partial charge in [0, 0.05) is 18.0 Å². The molecule has 0 unspecified atom stereocenters. The number of nitrogens with zero attached hydrogens (tertiary/aromatic N) is 1. The molecule has 2 aromatic rings. The molecule has 0 spiro atoms. The second-order valence-electron chi connectivity index (χ2n) is 4.20. The highest BCUT2D eigenvalue weighted by molar-refractivity contribution is 5.91. The second kappa shape index (κ2) is 6.09. The minimum atomic E-state index is -0.281. The summed E-state index contributed by atoms with van der Waals surface area (Å²) in [5.74, 6) is -0.417. The lowest BCUT2D eigenvalue weighted by Crippen LogP contribution is -2.21. The van der Waals surface area contributed by atoms with Gasteiger partial charge >= 0.3 is 0 Å². The molecule has 1 aromatic heterocycles. The Hall–Kier alpha value is -2.23. The third-order valence-corrected chi connectivity index (χ3v) is 2.63. The van der Waals surface area contributed by atoms with Gasteiger partial charge in [-0.25, -0.2) is 9.37 Å². The van der Waals surface area contributed by atoms with E-state index in [0.717, 1.165) is 11.8 Å². The van der Waals surface area contributed by atoms with Crippen LogP contribution in [0, 0.1) is 5.82 Å². The van der Waals surface area contributed by atoms with Crippen molar-refractivity contribution in [2.24, 2.45) is 0 Å². The van der Waals surface area contributed by atoms with Crippen molar-refractivity contribution >= 4 is 22.9 Å². The number of nitrogens with one attached hydrogen (secondary N) is 1. The van der Waals surface area contributed by atoms with E-state index in [-0.39, 0.29) is 11.7 Å². The van der Waals surface area contributed by atoms with Gasteiger partial charge in [-0.2, -0.15) is 0 Å². The molecule has 0 aliphatic rings. The maximum atomic E-state index is 13.0. The lowest BCUT2D eigenvalue weighted by Gasteiger charge is -2.00. The van der Waals surface area contributed by atoms with Gasteiger partial charge in [0.25, 0.3) is 0 Å². The van der Waals surface area contributed by atoms with Crippen molar-refractivity contribution in [3.05, 3.63) is 47.9 Å². The number of halogens is 1. The van der Waals surface area contributed by atoms with E-state index in [9.17, 15) is 9.18 Å². The number of aromatic nitrogens is 1. The Labute approximate surface area is 111 Å². The number of rotatable bonds is 4. The fraction of sp³-hybridized carbons (Fsp3) is 0.200. The van der Waals surface area contributed by atoms with Crippen LogP contribution in [0.15, 0.2) is 36.4 Å². The van der Waals surface area contributed by atoms with Crippen LogP contribution in [0.3, 0.4) is 0 Å². The third-order valence-electron chi connectivity index (χ3n) is 2.63. The molecule has 98 valence electrons. The van der Waals surface area contributed by atoms with Gasteiger partial charge < -0.3 is 5.32 Å². The topological polar surface area (TPSA) is 42.0 Å². The SMILES string of the molecule is CCCNC(=O)/C=C/c1ccc2cc(F)ccc2n1. The van der Waals surface area contributed by atoms with Gasteiger partial charge in [-0.15, -0.1) is 0 Å². The van der Waals surface area contributed by atoms with E-state index in [0.29, 0.717) is 17.8 Å². The van der Waals surface area contributed by atoms with Crippen LogP contribution in [0.25, 0.3) is 17.0 Å². The number of hydrogen-bond donors (Lipinski definition) is 1. The Morgan fingerprint density at radius 1 is 1.37 bits per heavy atom. The normalized spacial score (nSPS) is 11.1. The molecule has 0 bridgehead atoms. The summed E-state index contributed by atoms with van der Waals surface area (Å²) in [6, 6.07) is 7.97. The van der Waals surface area contributed by atoms with Crippen LogP contribution in [-0.4, -0.2) is 17.4 Å². The highest BCUT2D eigenvalue weighted by Gasteiger charge is 1.99. The minimum absolute atomic E-state index is 0.136. The zero-order chi connectivity index (χ0) is 13.7. The molecular formula is C15H15FN2O. The molecule has 0 aliphatic heterocycles. The van der Waals surface area contributed by atoms with Crippen LogP contribution in [0.5, 0.6) is 0 Å². The highest BCUT2D eigenvalue weighted by Crippen LogP contribution is 2.14. The lowest BCUT2D eigenvalue weighted by atomic mass is 10.2. The molecule has 4 heteroatoms. The summed E-state index contributed by atoms with van der Waals surface area (Å²) in [7, 11) is 0. The van der Waals surface area contributed by atoms with Crippen molar-refractivity contribution in [3.8, 4) is 0 Å².